The molecule has 4 aromatic rings. The molecule has 0 saturated carbocycles. The van der Waals surface area contributed by atoms with Crippen molar-refractivity contribution < 1.29 is 9.50 Å². The number of para-hydroxylation sites is 1. The number of rotatable bonds is 4. The predicted octanol–water partition coefficient (Wildman–Crippen LogP) is 4.89. The van der Waals surface area contributed by atoms with E-state index in [-0.39, 0.29) is 23.7 Å². The first kappa shape index (κ1) is 19.3. The molecule has 0 amide bonds. The number of benzene rings is 2. The van der Waals surface area contributed by atoms with Crippen LogP contribution in [0.5, 0.6) is 5.75 Å². The minimum atomic E-state index is -0.306. The number of halogens is 1. The molecule has 0 spiro atoms. The van der Waals surface area contributed by atoms with Gasteiger partial charge in [-0.05, 0) is 72.9 Å². The van der Waals surface area contributed by atoms with Crippen LogP contribution in [-0.4, -0.2) is 19.8 Å². The Hall–Kier alpha value is -3.71. The first-order valence-electron chi connectivity index (χ1n) is 9.85. The van der Waals surface area contributed by atoms with Gasteiger partial charge >= 0.3 is 0 Å². The summed E-state index contributed by atoms with van der Waals surface area (Å²) in [5.74, 6) is -0.131. The fourth-order valence-electron chi connectivity index (χ4n) is 4.05. The van der Waals surface area contributed by atoms with Crippen LogP contribution < -0.4 is 10.2 Å². The van der Waals surface area contributed by atoms with Crippen LogP contribution in [0.2, 0.25) is 0 Å². The maximum Gasteiger partial charge on any atom is 0.174 e. The molecule has 2 aromatic carbocycles. The van der Waals surface area contributed by atoms with E-state index in [0.29, 0.717) is 10.8 Å². The number of hydrogen-bond acceptors (Lipinski definition) is 3. The highest BCUT2D eigenvalue weighted by molar-refractivity contribution is 7.80. The summed E-state index contributed by atoms with van der Waals surface area (Å²) < 4.78 is 16.5. The molecule has 0 unspecified atom stereocenters. The minimum absolute atomic E-state index is 0.175. The minimum Gasteiger partial charge on any atom is -0.508 e. The highest BCUT2D eigenvalue weighted by Gasteiger charge is 2.42. The van der Waals surface area contributed by atoms with Crippen molar-refractivity contribution in [2.24, 2.45) is 0 Å². The molecular formula is C24H19FN4OS. The number of aromatic hydroxyl groups is 1. The fraction of sp³-hybridized carbons (Fsp3) is 0.0833. The highest BCUT2D eigenvalue weighted by Crippen LogP contribution is 2.42. The van der Waals surface area contributed by atoms with Gasteiger partial charge in [0.2, 0.25) is 0 Å². The Labute approximate surface area is 184 Å². The molecule has 0 aliphatic carbocycles. The number of nitrogens with one attached hydrogen (secondary N) is 1. The molecule has 3 heterocycles. The van der Waals surface area contributed by atoms with Crippen LogP contribution in [0, 0.1) is 5.82 Å². The molecule has 2 aromatic heterocycles. The van der Waals surface area contributed by atoms with Crippen molar-refractivity contribution in [1.82, 2.24) is 14.9 Å². The summed E-state index contributed by atoms with van der Waals surface area (Å²) in [7, 11) is 0. The number of phenols is 1. The van der Waals surface area contributed by atoms with Gasteiger partial charge in [-0.1, -0.05) is 18.2 Å². The molecule has 154 valence electrons. The lowest BCUT2D eigenvalue weighted by molar-refractivity contribution is 0.475. The Morgan fingerprint density at radius 1 is 0.935 bits per heavy atom. The Kier molecular flexibility index (Phi) is 4.88. The van der Waals surface area contributed by atoms with Crippen LogP contribution in [0.3, 0.4) is 0 Å². The zero-order chi connectivity index (χ0) is 21.4. The van der Waals surface area contributed by atoms with Crippen LogP contribution >= 0.6 is 12.2 Å². The van der Waals surface area contributed by atoms with Crippen molar-refractivity contribution in [1.29, 1.82) is 0 Å². The largest absolute Gasteiger partial charge is 0.508 e. The molecular weight excluding hydrogens is 411 g/mol. The topological polar surface area (TPSA) is 53.3 Å². The smallest absolute Gasteiger partial charge is 0.174 e. The van der Waals surface area contributed by atoms with E-state index >= 15 is 0 Å². The van der Waals surface area contributed by atoms with Gasteiger partial charge in [-0.3, -0.25) is 4.98 Å². The van der Waals surface area contributed by atoms with Crippen LogP contribution in [0.25, 0.3) is 5.69 Å². The Morgan fingerprint density at radius 2 is 1.71 bits per heavy atom. The zero-order valence-electron chi connectivity index (χ0n) is 16.4. The molecule has 1 fully saturated rings. The van der Waals surface area contributed by atoms with Crippen LogP contribution in [0.4, 0.5) is 10.1 Å². The maximum absolute atomic E-state index is 14.7. The number of thiocarbonyl (C=S) groups is 1. The molecule has 7 heteroatoms. The van der Waals surface area contributed by atoms with E-state index < -0.39 is 0 Å². The van der Waals surface area contributed by atoms with Crippen LogP contribution in [0.1, 0.15) is 23.5 Å². The van der Waals surface area contributed by atoms with Gasteiger partial charge in [0.25, 0.3) is 0 Å². The van der Waals surface area contributed by atoms with E-state index in [1.54, 1.807) is 30.5 Å². The molecule has 2 N–H and O–H groups in total. The van der Waals surface area contributed by atoms with Crippen molar-refractivity contribution in [2.45, 2.75) is 12.1 Å². The van der Waals surface area contributed by atoms with Gasteiger partial charge in [0.1, 0.15) is 17.6 Å². The van der Waals surface area contributed by atoms with Crippen molar-refractivity contribution in [3.8, 4) is 11.4 Å². The summed E-state index contributed by atoms with van der Waals surface area (Å²) in [4.78, 5) is 6.53. The Balaban J connectivity index is 1.68. The number of aromatic nitrogens is 2. The second kappa shape index (κ2) is 7.85. The van der Waals surface area contributed by atoms with Crippen LogP contribution in [0.15, 0.2) is 91.3 Å². The highest BCUT2D eigenvalue weighted by atomic mass is 32.1. The molecule has 5 nitrogen and oxygen atoms in total. The van der Waals surface area contributed by atoms with Crippen molar-refractivity contribution in [3.63, 3.8) is 0 Å². The van der Waals surface area contributed by atoms with Gasteiger partial charge in [0.15, 0.2) is 5.11 Å². The maximum atomic E-state index is 14.7. The standard InChI is InChI=1S/C24H19FN4OS/c25-18-6-1-2-8-20(18)28-15-5-9-21(28)23-22(19-7-3-4-14-26-19)27-24(31)29(23)16-10-12-17(30)13-11-16/h1-15,22-23,30H,(H,27,31)/t22-,23+/m1/s1. The van der Waals surface area contributed by atoms with Crippen molar-refractivity contribution in [2.75, 3.05) is 4.90 Å². The number of nitrogens with zero attached hydrogens (tertiary/aromatic N) is 3. The lowest BCUT2D eigenvalue weighted by atomic mass is 10.0. The molecule has 1 aliphatic heterocycles. The van der Waals surface area contributed by atoms with E-state index in [9.17, 15) is 9.50 Å². The second-order valence-corrected chi connectivity index (χ2v) is 7.65. The van der Waals surface area contributed by atoms with Gasteiger partial charge in [-0.15, -0.1) is 0 Å². The van der Waals surface area contributed by atoms with Gasteiger partial charge < -0.3 is 19.9 Å². The SMILES string of the molecule is Oc1ccc(N2C(=S)N[C@H](c3ccccn3)[C@@H]2c2cccn2-c2ccccc2F)cc1. The average molecular weight is 431 g/mol. The Bertz CT molecular complexity index is 1230. The first-order valence-corrected chi connectivity index (χ1v) is 10.3. The molecule has 0 radical (unpaired) electrons. The van der Waals surface area contributed by atoms with E-state index in [1.807, 2.05) is 64.2 Å². The quantitative estimate of drug-likeness (QED) is 0.452. The van der Waals surface area contributed by atoms with E-state index in [2.05, 4.69) is 10.3 Å². The number of phenolic OH excluding ortho intramolecular Hbond substituents is 1. The zero-order valence-corrected chi connectivity index (χ0v) is 17.2. The van der Waals surface area contributed by atoms with E-state index in [1.165, 1.54) is 6.07 Å². The summed E-state index contributed by atoms with van der Waals surface area (Å²) >= 11 is 5.71. The van der Waals surface area contributed by atoms with E-state index in [0.717, 1.165) is 17.1 Å². The summed E-state index contributed by atoms with van der Waals surface area (Å²) in [5.41, 5.74) is 2.98. The number of pyridine rings is 1. The normalized spacial score (nSPS) is 18.2. The molecule has 1 aliphatic rings. The van der Waals surface area contributed by atoms with Crippen molar-refractivity contribution >= 4 is 23.0 Å². The van der Waals surface area contributed by atoms with E-state index in [4.69, 9.17) is 12.2 Å². The number of hydrogen-bond donors (Lipinski definition) is 2. The number of anilines is 1. The third-order valence-electron chi connectivity index (χ3n) is 5.42. The van der Waals surface area contributed by atoms with Gasteiger partial charge in [0.05, 0.1) is 17.4 Å². The first-order chi connectivity index (χ1) is 15.1. The summed E-state index contributed by atoms with van der Waals surface area (Å²) in [5, 5.41) is 13.7. The Morgan fingerprint density at radius 3 is 2.45 bits per heavy atom. The monoisotopic (exact) mass is 430 g/mol. The third kappa shape index (κ3) is 3.43. The second-order valence-electron chi connectivity index (χ2n) is 7.27. The van der Waals surface area contributed by atoms with Crippen molar-refractivity contribution in [3.05, 3.63) is 108 Å². The summed E-state index contributed by atoms with van der Waals surface area (Å²) in [6, 6.07) is 22.6. The van der Waals surface area contributed by atoms with Crippen LogP contribution in [-0.2, 0) is 0 Å². The molecule has 2 atom stereocenters. The average Bonchev–Trinajstić information content (AvgIpc) is 3.39. The third-order valence-corrected chi connectivity index (χ3v) is 5.74. The molecule has 1 saturated heterocycles. The molecule has 31 heavy (non-hydrogen) atoms. The van der Waals surface area contributed by atoms with Gasteiger partial charge in [-0.2, -0.15) is 0 Å². The lowest BCUT2D eigenvalue weighted by Crippen LogP contribution is -2.30. The predicted molar refractivity (Wildman–Crippen MR) is 122 cm³/mol. The molecule has 5 rings (SSSR count). The van der Waals surface area contributed by atoms with Gasteiger partial charge in [-0.25, -0.2) is 4.39 Å². The molecule has 0 bridgehead atoms. The summed E-state index contributed by atoms with van der Waals surface area (Å²) in [6.45, 7) is 0. The fourth-order valence-corrected chi connectivity index (χ4v) is 4.39. The van der Waals surface area contributed by atoms with Gasteiger partial charge in [0, 0.05) is 23.8 Å². The lowest BCUT2D eigenvalue weighted by Gasteiger charge is -2.29. The summed E-state index contributed by atoms with van der Waals surface area (Å²) in [6.07, 6.45) is 3.59.